The molecule has 0 atom stereocenters. The Bertz CT molecular complexity index is 439. The highest BCUT2D eigenvalue weighted by Gasteiger charge is 2.16. The lowest BCUT2D eigenvalue weighted by Crippen LogP contribution is -2.46. The minimum atomic E-state index is -0.929. The molecule has 1 aliphatic rings. The van der Waals surface area contributed by atoms with Gasteiger partial charge in [0.2, 0.25) is 0 Å². The van der Waals surface area contributed by atoms with Crippen LogP contribution in [-0.2, 0) is 0 Å². The number of hydrogen-bond donors (Lipinski definition) is 2. The summed E-state index contributed by atoms with van der Waals surface area (Å²) in [6.45, 7) is 8.02. The van der Waals surface area contributed by atoms with E-state index in [1.54, 1.807) is 0 Å². The monoisotopic (exact) mass is 291 g/mol. The molecule has 1 aromatic carbocycles. The van der Waals surface area contributed by atoms with Crippen molar-refractivity contribution in [3.8, 4) is 0 Å². The molecule has 5 nitrogen and oxygen atoms in total. The van der Waals surface area contributed by atoms with E-state index in [1.807, 2.05) is 0 Å². The maximum Gasteiger partial charge on any atom is 0.404 e. The summed E-state index contributed by atoms with van der Waals surface area (Å²) in [4.78, 5) is 15.2. The third-order valence-electron chi connectivity index (χ3n) is 3.95. The average Bonchev–Trinajstić information content (AvgIpc) is 2.48. The van der Waals surface area contributed by atoms with Gasteiger partial charge in [-0.15, -0.1) is 0 Å². The summed E-state index contributed by atoms with van der Waals surface area (Å²) in [7, 11) is 0. The van der Waals surface area contributed by atoms with E-state index in [0.717, 1.165) is 45.6 Å². The molecular weight excluding hydrogens is 266 g/mol. The number of benzene rings is 1. The number of hydrogen-bond acceptors (Lipinski definition) is 3. The lowest BCUT2D eigenvalue weighted by Gasteiger charge is -2.36. The molecular formula is C16H25N3O2. The highest BCUT2D eigenvalue weighted by atomic mass is 16.4. The summed E-state index contributed by atoms with van der Waals surface area (Å²) in [5.74, 6) is 0. The summed E-state index contributed by atoms with van der Waals surface area (Å²) in [5, 5.41) is 10.9. The van der Waals surface area contributed by atoms with Crippen LogP contribution in [0.2, 0.25) is 0 Å². The molecule has 2 rings (SSSR count). The zero-order valence-corrected chi connectivity index (χ0v) is 12.7. The number of nitrogens with one attached hydrogen (secondary N) is 1. The van der Waals surface area contributed by atoms with Crippen LogP contribution in [0.4, 0.5) is 10.5 Å². The zero-order valence-electron chi connectivity index (χ0n) is 12.7. The summed E-state index contributed by atoms with van der Waals surface area (Å²) >= 11 is 0. The molecule has 1 saturated heterocycles. The maximum atomic E-state index is 10.3. The molecule has 2 N–H and O–H groups in total. The standard InChI is InChI=1S/C16H25N3O2/c1-14-4-6-15(7-5-14)19-12-10-18(11-13-19)9-3-2-8-17-16(20)21/h4-7,17H,2-3,8-13H2,1H3,(H,20,21). The number of piperazine rings is 1. The van der Waals surface area contributed by atoms with Crippen molar-refractivity contribution in [3.63, 3.8) is 0 Å². The van der Waals surface area contributed by atoms with Gasteiger partial charge in [-0.2, -0.15) is 0 Å². The number of rotatable bonds is 6. The third kappa shape index (κ3) is 5.27. The van der Waals surface area contributed by atoms with E-state index >= 15 is 0 Å². The molecule has 0 radical (unpaired) electrons. The number of anilines is 1. The largest absolute Gasteiger partial charge is 0.465 e. The van der Waals surface area contributed by atoms with Crippen molar-refractivity contribution in [2.45, 2.75) is 19.8 Å². The predicted molar refractivity (Wildman–Crippen MR) is 85.1 cm³/mol. The van der Waals surface area contributed by atoms with Gasteiger partial charge in [0.05, 0.1) is 0 Å². The van der Waals surface area contributed by atoms with Crippen LogP contribution in [0.3, 0.4) is 0 Å². The molecule has 116 valence electrons. The summed E-state index contributed by atoms with van der Waals surface area (Å²) in [6.07, 6.45) is 1.02. The Labute approximate surface area is 126 Å². The zero-order chi connectivity index (χ0) is 15.1. The molecule has 0 bridgehead atoms. The van der Waals surface area contributed by atoms with Gasteiger partial charge in [0.15, 0.2) is 0 Å². The Morgan fingerprint density at radius 3 is 2.43 bits per heavy atom. The second kappa shape index (κ2) is 7.88. The van der Waals surface area contributed by atoms with Gasteiger partial charge in [0, 0.05) is 38.4 Å². The quantitative estimate of drug-likeness (QED) is 0.789. The van der Waals surface area contributed by atoms with Crippen molar-refractivity contribution in [3.05, 3.63) is 29.8 Å². The number of carbonyl (C=O) groups is 1. The summed E-state index contributed by atoms with van der Waals surface area (Å²) < 4.78 is 0. The Morgan fingerprint density at radius 2 is 1.81 bits per heavy atom. The fourth-order valence-electron chi connectivity index (χ4n) is 2.64. The number of unbranched alkanes of at least 4 members (excludes halogenated alkanes) is 1. The summed E-state index contributed by atoms with van der Waals surface area (Å²) in [5.41, 5.74) is 2.61. The van der Waals surface area contributed by atoms with Crippen molar-refractivity contribution in [2.24, 2.45) is 0 Å². The number of aryl methyl sites for hydroxylation is 1. The SMILES string of the molecule is Cc1ccc(N2CCN(CCCCNC(=O)O)CC2)cc1. The molecule has 0 spiro atoms. The molecule has 21 heavy (non-hydrogen) atoms. The maximum absolute atomic E-state index is 10.3. The Balaban J connectivity index is 1.64. The van der Waals surface area contributed by atoms with Crippen LogP contribution >= 0.6 is 0 Å². The average molecular weight is 291 g/mol. The van der Waals surface area contributed by atoms with Crippen molar-refractivity contribution < 1.29 is 9.90 Å². The van der Waals surface area contributed by atoms with Gasteiger partial charge in [0.1, 0.15) is 0 Å². The molecule has 0 saturated carbocycles. The van der Waals surface area contributed by atoms with Crippen LogP contribution in [0.15, 0.2) is 24.3 Å². The lowest BCUT2D eigenvalue weighted by atomic mass is 10.2. The molecule has 1 aromatic rings. The van der Waals surface area contributed by atoms with Crippen LogP contribution in [0.25, 0.3) is 0 Å². The van der Waals surface area contributed by atoms with Gasteiger partial charge >= 0.3 is 6.09 Å². The van der Waals surface area contributed by atoms with E-state index in [-0.39, 0.29) is 0 Å². The van der Waals surface area contributed by atoms with Gasteiger partial charge in [-0.05, 0) is 38.4 Å². The van der Waals surface area contributed by atoms with Crippen molar-refractivity contribution >= 4 is 11.8 Å². The Hall–Kier alpha value is -1.75. The van der Waals surface area contributed by atoms with E-state index in [4.69, 9.17) is 5.11 Å². The van der Waals surface area contributed by atoms with Crippen LogP contribution in [-0.4, -0.2) is 55.4 Å². The molecule has 0 aliphatic carbocycles. The van der Waals surface area contributed by atoms with Gasteiger partial charge in [0.25, 0.3) is 0 Å². The smallest absolute Gasteiger partial charge is 0.404 e. The number of nitrogens with zero attached hydrogens (tertiary/aromatic N) is 2. The number of amides is 1. The Morgan fingerprint density at radius 1 is 1.14 bits per heavy atom. The van der Waals surface area contributed by atoms with Gasteiger partial charge in [-0.1, -0.05) is 17.7 Å². The van der Waals surface area contributed by atoms with Crippen molar-refractivity contribution in [2.75, 3.05) is 44.2 Å². The van der Waals surface area contributed by atoms with Crippen LogP contribution < -0.4 is 10.2 Å². The van der Waals surface area contributed by atoms with Crippen LogP contribution in [0.5, 0.6) is 0 Å². The van der Waals surface area contributed by atoms with Crippen molar-refractivity contribution in [1.82, 2.24) is 10.2 Å². The van der Waals surface area contributed by atoms with Crippen LogP contribution in [0, 0.1) is 6.92 Å². The topological polar surface area (TPSA) is 55.8 Å². The first-order valence-electron chi connectivity index (χ1n) is 7.66. The molecule has 0 unspecified atom stereocenters. The van der Waals surface area contributed by atoms with Gasteiger partial charge in [-0.3, -0.25) is 4.90 Å². The van der Waals surface area contributed by atoms with Gasteiger partial charge in [-0.25, -0.2) is 4.79 Å². The second-order valence-corrected chi connectivity index (χ2v) is 5.60. The normalized spacial score (nSPS) is 16.0. The summed E-state index contributed by atoms with van der Waals surface area (Å²) in [6, 6.07) is 8.72. The van der Waals surface area contributed by atoms with E-state index in [2.05, 4.69) is 46.3 Å². The van der Waals surface area contributed by atoms with E-state index in [0.29, 0.717) is 6.54 Å². The molecule has 1 heterocycles. The van der Waals surface area contributed by atoms with Gasteiger partial charge < -0.3 is 15.3 Å². The third-order valence-corrected chi connectivity index (χ3v) is 3.95. The first-order chi connectivity index (χ1) is 10.1. The lowest BCUT2D eigenvalue weighted by molar-refractivity contribution is 0.193. The number of carboxylic acid groups (broad SMARTS) is 1. The second-order valence-electron chi connectivity index (χ2n) is 5.60. The van der Waals surface area contributed by atoms with E-state index in [9.17, 15) is 4.79 Å². The molecule has 1 fully saturated rings. The van der Waals surface area contributed by atoms with E-state index < -0.39 is 6.09 Å². The fraction of sp³-hybridized carbons (Fsp3) is 0.562. The minimum absolute atomic E-state index is 0.554. The van der Waals surface area contributed by atoms with Crippen molar-refractivity contribution in [1.29, 1.82) is 0 Å². The first kappa shape index (κ1) is 15.6. The molecule has 1 amide bonds. The Kier molecular flexibility index (Phi) is 5.87. The minimum Gasteiger partial charge on any atom is -0.465 e. The highest BCUT2D eigenvalue weighted by Crippen LogP contribution is 2.17. The molecule has 0 aromatic heterocycles. The molecule has 5 heteroatoms. The van der Waals surface area contributed by atoms with Crippen LogP contribution in [0.1, 0.15) is 18.4 Å². The highest BCUT2D eigenvalue weighted by molar-refractivity contribution is 5.64. The predicted octanol–water partition coefficient (Wildman–Crippen LogP) is 2.16. The molecule has 1 aliphatic heterocycles. The first-order valence-corrected chi connectivity index (χ1v) is 7.66. The fourth-order valence-corrected chi connectivity index (χ4v) is 2.64. The van der Waals surface area contributed by atoms with E-state index in [1.165, 1.54) is 11.3 Å².